The normalized spacial score (nSPS) is 10.6. The van der Waals surface area contributed by atoms with Gasteiger partial charge < -0.3 is 61.3 Å². The van der Waals surface area contributed by atoms with Gasteiger partial charge in [0.05, 0.1) is 60.5 Å². The molecule has 0 bridgehead atoms. The minimum Gasteiger partial charge on any atom is -0.481 e. The number of aliphatic carboxylic acids is 4. The van der Waals surface area contributed by atoms with Crippen LogP contribution in [0.5, 0.6) is 0 Å². The number of hydrogen-bond acceptors (Lipinski definition) is 12. The van der Waals surface area contributed by atoms with Crippen molar-refractivity contribution in [3.63, 3.8) is 0 Å². The van der Waals surface area contributed by atoms with Crippen molar-refractivity contribution in [2.75, 3.05) is 13.2 Å². The standard InChI is InChI=1S/2C8H6O4.C5H12O4.C5H8O4.C4H6O4/c9-7(10)5-1-2-6(4-3-5)8(11)12;9-7(10)5-2-1-3-6(4-5)8(11)12;6-2-4(8)1-5(9)3-7;6-4(7)2-1-3-5(8)9;5-3(6)1-2-4(7)8/h2*1-4H,(H,9,10)(H,11,12);4-9H,1-3H2;1-3H2,(H,6,7)(H,8,9);1-2H2,(H,5,6)(H,7,8). The zero-order valence-corrected chi connectivity index (χ0v) is 26.1. The zero-order valence-electron chi connectivity index (χ0n) is 26.1. The quantitative estimate of drug-likeness (QED) is 0.119. The number of carbonyl (C=O) groups is 8. The largest absolute Gasteiger partial charge is 0.481 e. The smallest absolute Gasteiger partial charge is 0.335 e. The summed E-state index contributed by atoms with van der Waals surface area (Å²) >= 11 is 0. The maximum Gasteiger partial charge on any atom is 0.335 e. The van der Waals surface area contributed by atoms with Gasteiger partial charge in [-0.1, -0.05) is 6.07 Å². The van der Waals surface area contributed by atoms with E-state index in [0.717, 1.165) is 6.07 Å². The van der Waals surface area contributed by atoms with Gasteiger partial charge in [-0.05, 0) is 48.9 Å². The number of carboxylic acid groups (broad SMARTS) is 8. The second-order valence-electron chi connectivity index (χ2n) is 9.22. The highest BCUT2D eigenvalue weighted by atomic mass is 16.4. The van der Waals surface area contributed by atoms with E-state index in [0.29, 0.717) is 0 Å². The van der Waals surface area contributed by atoms with Crippen molar-refractivity contribution >= 4 is 47.8 Å². The molecule has 0 spiro atoms. The predicted molar refractivity (Wildman–Crippen MR) is 165 cm³/mol. The highest BCUT2D eigenvalue weighted by molar-refractivity contribution is 5.93. The van der Waals surface area contributed by atoms with E-state index in [4.69, 9.17) is 61.3 Å². The Morgan fingerprint density at radius 2 is 0.720 bits per heavy atom. The van der Waals surface area contributed by atoms with Gasteiger partial charge in [0.2, 0.25) is 0 Å². The molecule has 0 heterocycles. The Hall–Kier alpha value is -5.96. The molecule has 0 aromatic heterocycles. The minimum absolute atomic E-state index is 0.0186. The Morgan fingerprint density at radius 1 is 0.440 bits per heavy atom. The van der Waals surface area contributed by atoms with Gasteiger partial charge in [-0.2, -0.15) is 0 Å². The van der Waals surface area contributed by atoms with Gasteiger partial charge in [0.1, 0.15) is 0 Å². The fourth-order valence-corrected chi connectivity index (χ4v) is 2.61. The second-order valence-corrected chi connectivity index (χ2v) is 9.22. The van der Waals surface area contributed by atoms with Crippen LogP contribution in [0.3, 0.4) is 0 Å². The van der Waals surface area contributed by atoms with Gasteiger partial charge >= 0.3 is 47.8 Å². The third-order valence-electron chi connectivity index (χ3n) is 5.03. The fourth-order valence-electron chi connectivity index (χ4n) is 2.61. The molecule has 2 rings (SSSR count). The van der Waals surface area contributed by atoms with Gasteiger partial charge in [0.15, 0.2) is 0 Å². The van der Waals surface area contributed by atoms with Crippen LogP contribution in [0, 0.1) is 0 Å². The monoisotopic (exact) mass is 718 g/mol. The zero-order chi connectivity index (χ0) is 39.4. The first-order valence-corrected chi connectivity index (χ1v) is 13.8. The molecule has 0 amide bonds. The van der Waals surface area contributed by atoms with Gasteiger partial charge in [0.25, 0.3) is 0 Å². The van der Waals surface area contributed by atoms with Crippen molar-refractivity contribution in [1.82, 2.24) is 0 Å². The van der Waals surface area contributed by atoms with Gasteiger partial charge in [0, 0.05) is 19.3 Å². The number of aliphatic hydroxyl groups excluding tert-OH is 4. The van der Waals surface area contributed by atoms with Crippen molar-refractivity contribution < 1.29 is 99.6 Å². The van der Waals surface area contributed by atoms with E-state index in [9.17, 15) is 38.4 Å². The Morgan fingerprint density at radius 3 is 0.940 bits per heavy atom. The lowest BCUT2D eigenvalue weighted by molar-refractivity contribution is -0.143. The molecule has 2 aromatic carbocycles. The summed E-state index contributed by atoms with van der Waals surface area (Å²) in [5.74, 6) is -8.43. The van der Waals surface area contributed by atoms with Crippen LogP contribution in [-0.4, -0.2) is 134 Å². The molecule has 2 atom stereocenters. The molecule has 0 aliphatic carbocycles. The van der Waals surface area contributed by atoms with Crippen molar-refractivity contribution in [3.05, 3.63) is 70.8 Å². The second kappa shape index (κ2) is 28.1. The van der Waals surface area contributed by atoms with E-state index in [1.807, 2.05) is 0 Å². The average Bonchev–Trinajstić information content (AvgIpc) is 3.04. The molecule has 50 heavy (non-hydrogen) atoms. The summed E-state index contributed by atoms with van der Waals surface area (Å²) in [6.45, 7) is -0.756. The molecular formula is C30H38O20. The summed E-state index contributed by atoms with van der Waals surface area (Å²) in [5.41, 5.74) is 0.129. The Bertz CT molecular complexity index is 1290. The van der Waals surface area contributed by atoms with E-state index in [1.54, 1.807) is 0 Å². The lowest BCUT2D eigenvalue weighted by Crippen LogP contribution is -2.23. The lowest BCUT2D eigenvalue weighted by atomic mass is 10.1. The number of hydrogen-bond donors (Lipinski definition) is 12. The number of carboxylic acids is 8. The summed E-state index contributed by atoms with van der Waals surface area (Å²) in [4.78, 5) is 80.3. The van der Waals surface area contributed by atoms with Gasteiger partial charge in [-0.25, -0.2) is 19.2 Å². The predicted octanol–water partition coefficient (Wildman–Crippen LogP) is 0.511. The van der Waals surface area contributed by atoms with E-state index in [-0.39, 0.29) is 74.0 Å². The first-order chi connectivity index (χ1) is 23.2. The highest BCUT2D eigenvalue weighted by Gasteiger charge is 2.09. The first-order valence-electron chi connectivity index (χ1n) is 13.8. The summed E-state index contributed by atoms with van der Waals surface area (Å²) in [6.07, 6.45) is -2.33. The van der Waals surface area contributed by atoms with Crippen molar-refractivity contribution in [2.45, 2.75) is 50.7 Å². The van der Waals surface area contributed by atoms with Crippen LogP contribution < -0.4 is 0 Å². The van der Waals surface area contributed by atoms with E-state index in [2.05, 4.69) is 0 Å². The molecule has 0 aliphatic heterocycles. The SMILES string of the molecule is O=C(O)CCC(=O)O.O=C(O)CCCC(=O)O.O=C(O)c1ccc(C(=O)O)cc1.O=C(O)c1cccc(C(=O)O)c1.OCC(O)CC(O)CO. The molecule has 0 saturated carbocycles. The Balaban J connectivity index is -0.000000559. The summed E-state index contributed by atoms with van der Waals surface area (Å²) in [6, 6.07) is 10.2. The number of rotatable bonds is 15. The van der Waals surface area contributed by atoms with E-state index < -0.39 is 60.0 Å². The molecule has 0 fully saturated rings. The maximum atomic E-state index is 10.4. The van der Waals surface area contributed by atoms with Crippen LogP contribution in [0.15, 0.2) is 48.5 Å². The summed E-state index contributed by atoms with van der Waals surface area (Å²) in [5, 5.41) is 99.5. The van der Waals surface area contributed by atoms with Crippen LogP contribution >= 0.6 is 0 Å². The van der Waals surface area contributed by atoms with Crippen LogP contribution in [0.1, 0.15) is 80.0 Å². The lowest BCUT2D eigenvalue weighted by Gasteiger charge is -2.09. The molecule has 2 aromatic rings. The Labute approximate surface area is 282 Å². The molecule has 12 N–H and O–H groups in total. The van der Waals surface area contributed by atoms with Crippen LogP contribution in [0.2, 0.25) is 0 Å². The van der Waals surface area contributed by atoms with Crippen molar-refractivity contribution in [1.29, 1.82) is 0 Å². The van der Waals surface area contributed by atoms with Crippen molar-refractivity contribution in [2.24, 2.45) is 0 Å². The molecule has 20 heteroatoms. The molecule has 0 radical (unpaired) electrons. The number of benzene rings is 2. The van der Waals surface area contributed by atoms with Crippen molar-refractivity contribution in [3.8, 4) is 0 Å². The molecule has 0 aliphatic rings. The number of aliphatic hydroxyl groups is 4. The molecule has 0 saturated heterocycles. The number of aromatic carboxylic acids is 4. The van der Waals surface area contributed by atoms with Crippen LogP contribution in [0.25, 0.3) is 0 Å². The minimum atomic E-state index is -1.13. The van der Waals surface area contributed by atoms with E-state index in [1.165, 1.54) is 42.5 Å². The van der Waals surface area contributed by atoms with Crippen LogP contribution in [0.4, 0.5) is 0 Å². The van der Waals surface area contributed by atoms with Gasteiger partial charge in [-0.3, -0.25) is 19.2 Å². The fraction of sp³-hybridized carbons (Fsp3) is 0.333. The third-order valence-corrected chi connectivity index (χ3v) is 5.03. The molecule has 20 nitrogen and oxygen atoms in total. The molecular weight excluding hydrogens is 680 g/mol. The maximum absolute atomic E-state index is 10.4. The molecule has 278 valence electrons. The van der Waals surface area contributed by atoms with Crippen LogP contribution in [-0.2, 0) is 19.2 Å². The van der Waals surface area contributed by atoms with Gasteiger partial charge in [-0.15, -0.1) is 0 Å². The first kappa shape index (κ1) is 48.4. The summed E-state index contributed by atoms with van der Waals surface area (Å²) in [7, 11) is 0. The highest BCUT2D eigenvalue weighted by Crippen LogP contribution is 2.05. The topological polar surface area (TPSA) is 379 Å². The average molecular weight is 719 g/mol. The Kier molecular flexibility index (Phi) is 27.2. The van der Waals surface area contributed by atoms with E-state index >= 15 is 0 Å². The summed E-state index contributed by atoms with van der Waals surface area (Å²) < 4.78 is 0. The molecule has 2 unspecified atom stereocenters. The third kappa shape index (κ3) is 29.4.